The SMILES string of the molecule is CCC1CCCC2(C1)CC(O)c1cc(Br)ccc1O2. The van der Waals surface area contributed by atoms with Gasteiger partial charge in [-0.05, 0) is 43.4 Å². The highest BCUT2D eigenvalue weighted by molar-refractivity contribution is 9.10. The Hall–Kier alpha value is -0.540. The van der Waals surface area contributed by atoms with Gasteiger partial charge in [-0.3, -0.25) is 0 Å². The van der Waals surface area contributed by atoms with Crippen LogP contribution in [0.4, 0.5) is 0 Å². The van der Waals surface area contributed by atoms with E-state index >= 15 is 0 Å². The normalized spacial score (nSPS) is 33.8. The molecule has 0 saturated heterocycles. The fourth-order valence-electron chi connectivity index (χ4n) is 3.68. The predicted molar refractivity (Wildman–Crippen MR) is 79.3 cm³/mol. The molecule has 1 spiro atoms. The largest absolute Gasteiger partial charge is 0.487 e. The van der Waals surface area contributed by atoms with Crippen LogP contribution in [-0.4, -0.2) is 10.7 Å². The van der Waals surface area contributed by atoms with Gasteiger partial charge < -0.3 is 9.84 Å². The van der Waals surface area contributed by atoms with Crippen LogP contribution in [0.2, 0.25) is 0 Å². The van der Waals surface area contributed by atoms with Crippen LogP contribution < -0.4 is 4.74 Å². The maximum atomic E-state index is 10.5. The van der Waals surface area contributed by atoms with Crippen molar-refractivity contribution in [3.63, 3.8) is 0 Å². The Balaban J connectivity index is 1.89. The molecule has 19 heavy (non-hydrogen) atoms. The first-order valence-corrected chi connectivity index (χ1v) is 8.08. The van der Waals surface area contributed by atoms with E-state index in [1.807, 2.05) is 18.2 Å². The zero-order valence-corrected chi connectivity index (χ0v) is 12.9. The van der Waals surface area contributed by atoms with Gasteiger partial charge in [0.1, 0.15) is 11.4 Å². The van der Waals surface area contributed by atoms with Crippen LogP contribution in [0, 0.1) is 5.92 Å². The Morgan fingerprint density at radius 1 is 1.42 bits per heavy atom. The second kappa shape index (κ2) is 5.10. The minimum absolute atomic E-state index is 0.126. The van der Waals surface area contributed by atoms with Gasteiger partial charge in [-0.1, -0.05) is 35.7 Å². The lowest BCUT2D eigenvalue weighted by molar-refractivity contribution is -0.0521. The van der Waals surface area contributed by atoms with E-state index in [2.05, 4.69) is 22.9 Å². The van der Waals surface area contributed by atoms with Crippen molar-refractivity contribution in [2.75, 3.05) is 0 Å². The van der Waals surface area contributed by atoms with E-state index in [1.54, 1.807) is 0 Å². The van der Waals surface area contributed by atoms with Crippen molar-refractivity contribution in [1.29, 1.82) is 0 Å². The van der Waals surface area contributed by atoms with Crippen molar-refractivity contribution in [2.45, 2.75) is 57.2 Å². The van der Waals surface area contributed by atoms with E-state index in [4.69, 9.17) is 4.74 Å². The quantitative estimate of drug-likeness (QED) is 0.817. The van der Waals surface area contributed by atoms with Gasteiger partial charge in [0, 0.05) is 16.5 Å². The summed E-state index contributed by atoms with van der Waals surface area (Å²) in [4.78, 5) is 0. The molecule has 104 valence electrons. The maximum absolute atomic E-state index is 10.5. The van der Waals surface area contributed by atoms with E-state index in [0.717, 1.165) is 41.0 Å². The number of fused-ring (bicyclic) bond motifs is 1. The molecule has 3 atom stereocenters. The molecule has 1 fully saturated rings. The van der Waals surface area contributed by atoms with E-state index in [-0.39, 0.29) is 5.60 Å². The van der Waals surface area contributed by atoms with Gasteiger partial charge in [-0.15, -0.1) is 0 Å². The molecule has 0 radical (unpaired) electrons. The maximum Gasteiger partial charge on any atom is 0.126 e. The Bertz CT molecular complexity index is 474. The molecular formula is C16H21BrO2. The van der Waals surface area contributed by atoms with Gasteiger partial charge in [0.2, 0.25) is 0 Å². The van der Waals surface area contributed by atoms with Crippen LogP contribution in [0.3, 0.4) is 0 Å². The number of hydrogen-bond acceptors (Lipinski definition) is 2. The van der Waals surface area contributed by atoms with Crippen LogP contribution in [0.1, 0.15) is 57.1 Å². The molecular weight excluding hydrogens is 304 g/mol. The van der Waals surface area contributed by atoms with Crippen molar-refractivity contribution < 1.29 is 9.84 Å². The lowest BCUT2D eigenvalue weighted by Crippen LogP contribution is -2.45. The van der Waals surface area contributed by atoms with Crippen molar-refractivity contribution in [3.8, 4) is 5.75 Å². The van der Waals surface area contributed by atoms with Gasteiger partial charge >= 0.3 is 0 Å². The average Bonchev–Trinajstić information content (AvgIpc) is 2.40. The van der Waals surface area contributed by atoms with Crippen LogP contribution in [0.5, 0.6) is 5.75 Å². The third kappa shape index (κ3) is 2.55. The molecule has 3 heteroatoms. The smallest absolute Gasteiger partial charge is 0.126 e. The molecule has 0 aromatic heterocycles. The molecule has 1 aromatic carbocycles. The second-order valence-corrected chi connectivity index (χ2v) is 6.97. The first-order valence-electron chi connectivity index (χ1n) is 7.28. The fraction of sp³-hybridized carbons (Fsp3) is 0.625. The molecule has 3 rings (SSSR count). The number of benzene rings is 1. The van der Waals surface area contributed by atoms with Crippen LogP contribution in [0.25, 0.3) is 0 Å². The van der Waals surface area contributed by atoms with Gasteiger partial charge in [0.15, 0.2) is 0 Å². The van der Waals surface area contributed by atoms with E-state index < -0.39 is 6.10 Å². The molecule has 1 aliphatic carbocycles. The van der Waals surface area contributed by atoms with Crippen LogP contribution >= 0.6 is 15.9 Å². The molecule has 2 aliphatic rings. The lowest BCUT2D eigenvalue weighted by atomic mass is 9.72. The van der Waals surface area contributed by atoms with Gasteiger partial charge in [-0.25, -0.2) is 0 Å². The van der Waals surface area contributed by atoms with Crippen LogP contribution in [-0.2, 0) is 0 Å². The van der Waals surface area contributed by atoms with Crippen molar-refractivity contribution in [3.05, 3.63) is 28.2 Å². The van der Waals surface area contributed by atoms with Crippen molar-refractivity contribution in [1.82, 2.24) is 0 Å². The molecule has 0 bridgehead atoms. The third-order valence-corrected chi connectivity index (χ3v) is 5.20. The second-order valence-electron chi connectivity index (χ2n) is 6.06. The Morgan fingerprint density at radius 3 is 3.05 bits per heavy atom. The topological polar surface area (TPSA) is 29.5 Å². The number of hydrogen-bond donors (Lipinski definition) is 1. The summed E-state index contributed by atoms with van der Waals surface area (Å²) >= 11 is 3.46. The molecule has 1 saturated carbocycles. The fourth-order valence-corrected chi connectivity index (χ4v) is 4.06. The number of aliphatic hydroxyl groups is 1. The minimum Gasteiger partial charge on any atom is -0.487 e. The van der Waals surface area contributed by atoms with Crippen molar-refractivity contribution >= 4 is 15.9 Å². The first kappa shape index (κ1) is 13.4. The van der Waals surface area contributed by atoms with E-state index in [1.165, 1.54) is 19.3 Å². The van der Waals surface area contributed by atoms with E-state index in [9.17, 15) is 5.11 Å². The number of rotatable bonds is 1. The first-order chi connectivity index (χ1) is 9.12. The molecule has 1 N–H and O–H groups in total. The van der Waals surface area contributed by atoms with Crippen molar-refractivity contribution in [2.24, 2.45) is 5.92 Å². The zero-order valence-electron chi connectivity index (χ0n) is 11.4. The minimum atomic E-state index is -0.392. The average molecular weight is 325 g/mol. The van der Waals surface area contributed by atoms with Gasteiger partial charge in [-0.2, -0.15) is 0 Å². The summed E-state index contributed by atoms with van der Waals surface area (Å²) in [5.41, 5.74) is 0.803. The van der Waals surface area contributed by atoms with Gasteiger partial charge in [0.25, 0.3) is 0 Å². The summed E-state index contributed by atoms with van der Waals surface area (Å²) in [6, 6.07) is 5.96. The molecule has 3 unspecified atom stereocenters. The van der Waals surface area contributed by atoms with Gasteiger partial charge in [0.05, 0.1) is 6.10 Å². The van der Waals surface area contributed by atoms with Crippen LogP contribution in [0.15, 0.2) is 22.7 Å². The zero-order chi connectivity index (χ0) is 13.5. The Kier molecular flexibility index (Phi) is 3.61. The predicted octanol–water partition coefficient (Wildman–Crippen LogP) is 4.60. The summed E-state index contributed by atoms with van der Waals surface area (Å²) in [5, 5.41) is 10.5. The Morgan fingerprint density at radius 2 is 2.26 bits per heavy atom. The summed E-state index contributed by atoms with van der Waals surface area (Å²) in [6.07, 6.45) is 6.27. The summed E-state index contributed by atoms with van der Waals surface area (Å²) in [5.74, 6) is 1.62. The summed E-state index contributed by atoms with van der Waals surface area (Å²) in [7, 11) is 0. The number of halogens is 1. The molecule has 0 amide bonds. The van der Waals surface area contributed by atoms with E-state index in [0.29, 0.717) is 0 Å². The molecule has 1 heterocycles. The molecule has 1 aromatic rings. The highest BCUT2D eigenvalue weighted by Gasteiger charge is 2.43. The summed E-state index contributed by atoms with van der Waals surface area (Å²) < 4.78 is 7.34. The molecule has 1 aliphatic heterocycles. The standard InChI is InChI=1S/C16H21BrO2/c1-2-11-4-3-7-16(9-11)10-14(18)13-8-12(17)5-6-15(13)19-16/h5-6,8,11,14,18H,2-4,7,9-10H2,1H3. The lowest BCUT2D eigenvalue weighted by Gasteiger charge is -2.45. The monoisotopic (exact) mass is 324 g/mol. The third-order valence-electron chi connectivity index (χ3n) is 4.71. The summed E-state index contributed by atoms with van der Waals surface area (Å²) in [6.45, 7) is 2.26. The number of ether oxygens (including phenoxy) is 1. The molecule has 2 nitrogen and oxygen atoms in total. The highest BCUT2D eigenvalue weighted by atomic mass is 79.9. The highest BCUT2D eigenvalue weighted by Crippen LogP contribution is 2.48. The number of aliphatic hydroxyl groups excluding tert-OH is 1. The Labute approximate surface area is 123 Å².